The second-order valence-electron chi connectivity index (χ2n) is 5.43. The summed E-state index contributed by atoms with van der Waals surface area (Å²) in [6.07, 6.45) is 0. The third-order valence-electron chi connectivity index (χ3n) is 3.87. The maximum absolute atomic E-state index is 5.98. The van der Waals surface area contributed by atoms with E-state index in [1.54, 1.807) is 0 Å². The Kier molecular flexibility index (Phi) is 1.91. The second kappa shape index (κ2) is 3.13. The molecule has 0 heterocycles. The first-order chi connectivity index (χ1) is 8.01. The Morgan fingerprint density at radius 2 is 1.71 bits per heavy atom. The highest BCUT2D eigenvalue weighted by Crippen LogP contribution is 2.50. The Labute approximate surface area is 102 Å². The van der Waals surface area contributed by atoms with Crippen molar-refractivity contribution in [3.05, 3.63) is 53.1 Å². The summed E-state index contributed by atoms with van der Waals surface area (Å²) in [6, 6.07) is 12.8. The van der Waals surface area contributed by atoms with E-state index in [1.165, 1.54) is 27.8 Å². The zero-order valence-electron chi connectivity index (χ0n) is 10.5. The molecular weight excluding hydrogens is 206 g/mol. The predicted octanol–water partition coefficient (Wildman–Crippen LogP) is 3.88. The van der Waals surface area contributed by atoms with Gasteiger partial charge in [0.1, 0.15) is 0 Å². The van der Waals surface area contributed by atoms with E-state index in [-0.39, 0.29) is 5.41 Å². The summed E-state index contributed by atoms with van der Waals surface area (Å²) < 4.78 is 0. The molecule has 2 aromatic carbocycles. The van der Waals surface area contributed by atoms with Gasteiger partial charge in [0.05, 0.1) is 0 Å². The maximum atomic E-state index is 5.98. The van der Waals surface area contributed by atoms with Gasteiger partial charge in [-0.15, -0.1) is 0 Å². The molecule has 17 heavy (non-hydrogen) atoms. The molecule has 0 bridgehead atoms. The average molecular weight is 223 g/mol. The molecule has 1 nitrogen and oxygen atoms in total. The van der Waals surface area contributed by atoms with Crippen LogP contribution in [0.4, 0.5) is 5.69 Å². The summed E-state index contributed by atoms with van der Waals surface area (Å²) >= 11 is 0. The number of hydrogen-bond acceptors (Lipinski definition) is 1. The summed E-state index contributed by atoms with van der Waals surface area (Å²) in [5.41, 5.74) is 13.7. The Morgan fingerprint density at radius 1 is 1.00 bits per heavy atom. The standard InChI is InChI=1S/C16H17N/c1-10-8-11(17)9-13-12-6-4-5-7-14(12)16(2,3)15(10)13/h4-9H,17H2,1-3H3. The first kappa shape index (κ1) is 10.4. The van der Waals surface area contributed by atoms with E-state index in [2.05, 4.69) is 57.2 Å². The molecule has 1 aliphatic carbocycles. The number of nitrogen functional groups attached to an aromatic ring is 1. The van der Waals surface area contributed by atoms with Crippen molar-refractivity contribution in [1.82, 2.24) is 0 Å². The maximum Gasteiger partial charge on any atom is 0.0323 e. The molecule has 0 aromatic heterocycles. The number of anilines is 1. The number of aryl methyl sites for hydroxylation is 1. The van der Waals surface area contributed by atoms with Crippen molar-refractivity contribution < 1.29 is 0 Å². The summed E-state index contributed by atoms with van der Waals surface area (Å²) in [5.74, 6) is 0. The van der Waals surface area contributed by atoms with E-state index >= 15 is 0 Å². The Morgan fingerprint density at radius 3 is 2.47 bits per heavy atom. The summed E-state index contributed by atoms with van der Waals surface area (Å²) in [7, 11) is 0. The lowest BCUT2D eigenvalue weighted by atomic mass is 9.80. The lowest BCUT2D eigenvalue weighted by Gasteiger charge is -2.23. The van der Waals surface area contributed by atoms with Gasteiger partial charge >= 0.3 is 0 Å². The number of rotatable bonds is 0. The Hall–Kier alpha value is -1.76. The van der Waals surface area contributed by atoms with Crippen LogP contribution < -0.4 is 5.73 Å². The van der Waals surface area contributed by atoms with E-state index < -0.39 is 0 Å². The van der Waals surface area contributed by atoms with E-state index in [0.29, 0.717) is 0 Å². The number of benzene rings is 2. The molecule has 0 unspecified atom stereocenters. The van der Waals surface area contributed by atoms with Crippen LogP contribution in [-0.4, -0.2) is 0 Å². The van der Waals surface area contributed by atoms with E-state index in [9.17, 15) is 0 Å². The van der Waals surface area contributed by atoms with Crippen LogP contribution in [0.25, 0.3) is 11.1 Å². The molecule has 3 rings (SSSR count). The third-order valence-corrected chi connectivity index (χ3v) is 3.87. The fourth-order valence-electron chi connectivity index (χ4n) is 3.25. The highest BCUT2D eigenvalue weighted by molar-refractivity contribution is 5.83. The number of hydrogen-bond donors (Lipinski definition) is 1. The van der Waals surface area contributed by atoms with Crippen LogP contribution in [0.15, 0.2) is 36.4 Å². The van der Waals surface area contributed by atoms with Gasteiger partial charge in [-0.25, -0.2) is 0 Å². The largest absolute Gasteiger partial charge is 0.399 e. The first-order valence-corrected chi connectivity index (χ1v) is 6.02. The minimum absolute atomic E-state index is 0.0870. The van der Waals surface area contributed by atoms with Crippen LogP contribution >= 0.6 is 0 Å². The highest BCUT2D eigenvalue weighted by atomic mass is 14.6. The lowest BCUT2D eigenvalue weighted by Crippen LogP contribution is -2.16. The van der Waals surface area contributed by atoms with Gasteiger partial charge in [0.2, 0.25) is 0 Å². The van der Waals surface area contributed by atoms with Crippen molar-refractivity contribution in [1.29, 1.82) is 0 Å². The van der Waals surface area contributed by atoms with Gasteiger partial charge in [-0.1, -0.05) is 38.1 Å². The van der Waals surface area contributed by atoms with Crippen LogP contribution in [0.2, 0.25) is 0 Å². The normalized spacial score (nSPS) is 15.5. The zero-order chi connectivity index (χ0) is 12.2. The monoisotopic (exact) mass is 223 g/mol. The summed E-state index contributed by atoms with van der Waals surface area (Å²) in [4.78, 5) is 0. The molecule has 0 fully saturated rings. The van der Waals surface area contributed by atoms with Crippen LogP contribution in [0.3, 0.4) is 0 Å². The molecule has 2 aromatic rings. The quantitative estimate of drug-likeness (QED) is 0.674. The Bertz CT molecular complexity index is 609. The minimum Gasteiger partial charge on any atom is -0.399 e. The van der Waals surface area contributed by atoms with Crippen molar-refractivity contribution >= 4 is 5.69 Å². The topological polar surface area (TPSA) is 26.0 Å². The molecule has 0 saturated heterocycles. The molecule has 0 aliphatic heterocycles. The summed E-state index contributed by atoms with van der Waals surface area (Å²) in [5, 5.41) is 0. The molecule has 1 heteroatoms. The van der Waals surface area contributed by atoms with Gasteiger partial charge in [0, 0.05) is 11.1 Å². The fourth-order valence-corrected chi connectivity index (χ4v) is 3.25. The minimum atomic E-state index is 0.0870. The van der Waals surface area contributed by atoms with Crippen LogP contribution in [0, 0.1) is 6.92 Å². The molecule has 0 spiro atoms. The summed E-state index contributed by atoms with van der Waals surface area (Å²) in [6.45, 7) is 6.74. The second-order valence-corrected chi connectivity index (χ2v) is 5.43. The van der Waals surface area contributed by atoms with Crippen LogP contribution in [-0.2, 0) is 5.41 Å². The van der Waals surface area contributed by atoms with Crippen molar-refractivity contribution in [2.45, 2.75) is 26.2 Å². The molecule has 2 N–H and O–H groups in total. The van der Waals surface area contributed by atoms with E-state index in [0.717, 1.165) is 5.69 Å². The first-order valence-electron chi connectivity index (χ1n) is 6.02. The molecule has 86 valence electrons. The van der Waals surface area contributed by atoms with Crippen molar-refractivity contribution in [3.8, 4) is 11.1 Å². The highest BCUT2D eigenvalue weighted by Gasteiger charge is 2.36. The van der Waals surface area contributed by atoms with Crippen molar-refractivity contribution in [2.75, 3.05) is 5.73 Å². The molecular formula is C16H17N. The SMILES string of the molecule is Cc1cc(N)cc2c1C(C)(C)c1ccccc1-2. The lowest BCUT2D eigenvalue weighted by molar-refractivity contribution is 0.656. The molecule has 0 amide bonds. The molecule has 0 radical (unpaired) electrons. The molecule has 1 aliphatic rings. The average Bonchev–Trinajstić information content (AvgIpc) is 2.49. The van der Waals surface area contributed by atoms with Gasteiger partial charge in [-0.3, -0.25) is 0 Å². The van der Waals surface area contributed by atoms with E-state index in [4.69, 9.17) is 5.73 Å². The van der Waals surface area contributed by atoms with Gasteiger partial charge in [-0.05, 0) is 46.9 Å². The predicted molar refractivity (Wildman–Crippen MR) is 73.2 cm³/mol. The van der Waals surface area contributed by atoms with Crippen molar-refractivity contribution in [3.63, 3.8) is 0 Å². The van der Waals surface area contributed by atoms with Crippen LogP contribution in [0.1, 0.15) is 30.5 Å². The Balaban J connectivity index is 2.44. The van der Waals surface area contributed by atoms with Crippen molar-refractivity contribution in [2.24, 2.45) is 0 Å². The molecule has 0 atom stereocenters. The fraction of sp³-hybridized carbons (Fsp3) is 0.250. The number of nitrogens with two attached hydrogens (primary N) is 1. The van der Waals surface area contributed by atoms with Gasteiger partial charge in [0.25, 0.3) is 0 Å². The molecule has 0 saturated carbocycles. The van der Waals surface area contributed by atoms with Crippen LogP contribution in [0.5, 0.6) is 0 Å². The van der Waals surface area contributed by atoms with E-state index in [1.807, 2.05) is 0 Å². The zero-order valence-corrected chi connectivity index (χ0v) is 10.5. The third kappa shape index (κ3) is 1.25. The van der Waals surface area contributed by atoms with Gasteiger partial charge in [0.15, 0.2) is 0 Å². The van der Waals surface area contributed by atoms with Gasteiger partial charge < -0.3 is 5.73 Å². The van der Waals surface area contributed by atoms with Gasteiger partial charge in [-0.2, -0.15) is 0 Å². The number of fused-ring (bicyclic) bond motifs is 3. The smallest absolute Gasteiger partial charge is 0.0323 e.